The number of hydrogen-bond acceptors (Lipinski definition) is 6. The predicted octanol–water partition coefficient (Wildman–Crippen LogP) is 3.76. The molecule has 1 amide bonds. The van der Waals surface area contributed by atoms with Crippen LogP contribution in [-0.4, -0.2) is 27.9 Å². The molecule has 23 heavy (non-hydrogen) atoms. The molecule has 0 unspecified atom stereocenters. The van der Waals surface area contributed by atoms with Crippen molar-refractivity contribution in [3.05, 3.63) is 29.8 Å². The Labute approximate surface area is 140 Å². The Balaban J connectivity index is 1.91. The molecule has 2 aromatic rings. The van der Waals surface area contributed by atoms with Gasteiger partial charge in [0.05, 0.1) is 5.25 Å². The summed E-state index contributed by atoms with van der Waals surface area (Å²) in [5.41, 5.74) is 0.212. The molecule has 1 aromatic heterocycles. The van der Waals surface area contributed by atoms with Crippen LogP contribution in [0.2, 0.25) is 0 Å². The third kappa shape index (κ3) is 5.14. The first-order chi connectivity index (χ1) is 11.0. The molecule has 1 atom stereocenters. The second-order valence-corrected chi connectivity index (χ2v) is 7.24. The highest BCUT2D eigenvalue weighted by molar-refractivity contribution is 8.02. The van der Waals surface area contributed by atoms with Crippen LogP contribution in [0, 0.1) is 11.6 Å². The number of hydrogen-bond donors (Lipinski definition) is 2. The normalized spacial score (nSPS) is 12.0. The molecule has 2 rings (SSSR count). The van der Waals surface area contributed by atoms with Crippen LogP contribution in [0.15, 0.2) is 22.5 Å². The number of thioether (sulfide) groups is 1. The van der Waals surface area contributed by atoms with E-state index in [1.165, 1.54) is 29.2 Å². The van der Waals surface area contributed by atoms with E-state index in [4.69, 9.17) is 0 Å². The van der Waals surface area contributed by atoms with Gasteiger partial charge < -0.3 is 10.6 Å². The summed E-state index contributed by atoms with van der Waals surface area (Å²) in [5.74, 6) is -2.27. The average molecular weight is 358 g/mol. The third-order valence-electron chi connectivity index (χ3n) is 2.77. The minimum atomic E-state index is -1.00. The fourth-order valence-electron chi connectivity index (χ4n) is 1.58. The number of nitrogens with zero attached hydrogens (tertiary/aromatic N) is 2. The summed E-state index contributed by atoms with van der Waals surface area (Å²) in [6.07, 6.45) is 0.981. The Kier molecular flexibility index (Phi) is 6.28. The molecule has 0 aliphatic rings. The number of amides is 1. The van der Waals surface area contributed by atoms with Crippen LogP contribution in [0.1, 0.15) is 20.3 Å². The number of anilines is 2. The molecule has 0 saturated heterocycles. The summed E-state index contributed by atoms with van der Waals surface area (Å²) in [5, 5.41) is 13.9. The maximum atomic E-state index is 13.1. The van der Waals surface area contributed by atoms with Crippen molar-refractivity contribution in [3.8, 4) is 0 Å². The minimum Gasteiger partial charge on any atom is -0.360 e. The van der Waals surface area contributed by atoms with Gasteiger partial charge in [0.2, 0.25) is 11.0 Å². The Morgan fingerprint density at radius 1 is 1.35 bits per heavy atom. The zero-order valence-corrected chi connectivity index (χ0v) is 14.2. The molecule has 0 radical (unpaired) electrons. The Hall–Kier alpha value is -1.74. The number of carbonyl (C=O) groups excluding carboxylic acids is 1. The molecule has 1 heterocycles. The molecule has 0 bridgehead atoms. The van der Waals surface area contributed by atoms with Crippen molar-refractivity contribution in [2.45, 2.75) is 29.9 Å². The predicted molar refractivity (Wildman–Crippen MR) is 89.0 cm³/mol. The number of halogens is 2. The van der Waals surface area contributed by atoms with Crippen molar-refractivity contribution >= 4 is 39.8 Å². The standard InChI is InChI=1S/C14H16F2N4OS2/c1-3-6-17-13-19-20-14(23-13)22-8(2)12(21)18-9-4-5-10(15)11(16)7-9/h4-5,7-8H,3,6H2,1-2H3,(H,17,19)(H,18,21)/t8-/m1/s1. The molecule has 0 spiro atoms. The molecule has 0 fully saturated rings. The maximum Gasteiger partial charge on any atom is 0.237 e. The fourth-order valence-corrected chi connectivity index (χ4v) is 3.50. The van der Waals surface area contributed by atoms with Gasteiger partial charge in [0.1, 0.15) is 0 Å². The summed E-state index contributed by atoms with van der Waals surface area (Å²) < 4.78 is 26.7. The molecule has 5 nitrogen and oxygen atoms in total. The zero-order valence-electron chi connectivity index (χ0n) is 12.6. The third-order valence-corrected chi connectivity index (χ3v) is 4.83. The lowest BCUT2D eigenvalue weighted by Gasteiger charge is -2.10. The average Bonchev–Trinajstić information content (AvgIpc) is 2.96. The first-order valence-corrected chi connectivity index (χ1v) is 8.69. The summed E-state index contributed by atoms with van der Waals surface area (Å²) in [6.45, 7) is 4.57. The Bertz CT molecular complexity index is 681. The van der Waals surface area contributed by atoms with Crippen LogP contribution >= 0.6 is 23.1 Å². The smallest absolute Gasteiger partial charge is 0.237 e. The highest BCUT2D eigenvalue weighted by atomic mass is 32.2. The first kappa shape index (κ1) is 17.6. The van der Waals surface area contributed by atoms with Crippen molar-refractivity contribution < 1.29 is 13.6 Å². The monoisotopic (exact) mass is 358 g/mol. The molecule has 0 aliphatic heterocycles. The molecular formula is C14H16F2N4OS2. The Morgan fingerprint density at radius 3 is 2.83 bits per heavy atom. The summed E-state index contributed by atoms with van der Waals surface area (Å²) in [4.78, 5) is 12.1. The van der Waals surface area contributed by atoms with Gasteiger partial charge in [-0.25, -0.2) is 8.78 Å². The molecule has 1 aromatic carbocycles. The van der Waals surface area contributed by atoms with Gasteiger partial charge in [-0.1, -0.05) is 30.0 Å². The van der Waals surface area contributed by atoms with Crippen molar-refractivity contribution in [3.63, 3.8) is 0 Å². The number of rotatable bonds is 7. The highest BCUT2D eigenvalue weighted by Crippen LogP contribution is 2.29. The quantitative estimate of drug-likeness (QED) is 0.738. The summed E-state index contributed by atoms with van der Waals surface area (Å²) >= 11 is 2.63. The number of carbonyl (C=O) groups is 1. The number of benzene rings is 1. The van der Waals surface area contributed by atoms with E-state index in [1.807, 2.05) is 6.92 Å². The lowest BCUT2D eigenvalue weighted by molar-refractivity contribution is -0.115. The van der Waals surface area contributed by atoms with E-state index in [2.05, 4.69) is 20.8 Å². The van der Waals surface area contributed by atoms with Gasteiger partial charge in [0.25, 0.3) is 0 Å². The number of aromatic nitrogens is 2. The van der Waals surface area contributed by atoms with Crippen molar-refractivity contribution in [1.82, 2.24) is 10.2 Å². The topological polar surface area (TPSA) is 66.9 Å². The van der Waals surface area contributed by atoms with E-state index in [9.17, 15) is 13.6 Å². The van der Waals surface area contributed by atoms with Crippen molar-refractivity contribution in [2.24, 2.45) is 0 Å². The summed E-state index contributed by atoms with van der Waals surface area (Å²) in [6, 6.07) is 3.23. The van der Waals surface area contributed by atoms with E-state index >= 15 is 0 Å². The van der Waals surface area contributed by atoms with Crippen LogP contribution in [-0.2, 0) is 4.79 Å². The lowest BCUT2D eigenvalue weighted by Crippen LogP contribution is -2.22. The zero-order chi connectivity index (χ0) is 16.8. The van der Waals surface area contributed by atoms with Crippen molar-refractivity contribution in [1.29, 1.82) is 0 Å². The van der Waals surface area contributed by atoms with E-state index in [0.29, 0.717) is 9.47 Å². The van der Waals surface area contributed by atoms with Gasteiger partial charge in [0.15, 0.2) is 16.0 Å². The molecule has 9 heteroatoms. The van der Waals surface area contributed by atoms with Gasteiger partial charge in [-0.05, 0) is 25.5 Å². The molecule has 0 saturated carbocycles. The van der Waals surface area contributed by atoms with E-state index in [0.717, 1.165) is 25.1 Å². The second-order valence-electron chi connectivity index (χ2n) is 4.68. The van der Waals surface area contributed by atoms with E-state index in [-0.39, 0.29) is 11.6 Å². The lowest BCUT2D eigenvalue weighted by atomic mass is 10.3. The molecule has 2 N–H and O–H groups in total. The second kappa shape index (κ2) is 8.21. The molecule has 0 aliphatic carbocycles. The number of nitrogens with one attached hydrogen (secondary N) is 2. The van der Waals surface area contributed by atoms with Gasteiger partial charge in [-0.15, -0.1) is 10.2 Å². The van der Waals surface area contributed by atoms with E-state index in [1.54, 1.807) is 6.92 Å². The van der Waals surface area contributed by atoms with Gasteiger partial charge in [0, 0.05) is 18.3 Å². The van der Waals surface area contributed by atoms with Crippen LogP contribution in [0.5, 0.6) is 0 Å². The first-order valence-electron chi connectivity index (χ1n) is 6.99. The van der Waals surface area contributed by atoms with Gasteiger partial charge >= 0.3 is 0 Å². The highest BCUT2D eigenvalue weighted by Gasteiger charge is 2.18. The fraction of sp³-hybridized carbons (Fsp3) is 0.357. The Morgan fingerprint density at radius 2 is 2.13 bits per heavy atom. The van der Waals surface area contributed by atoms with Crippen LogP contribution in [0.4, 0.5) is 19.6 Å². The maximum absolute atomic E-state index is 13.1. The summed E-state index contributed by atoms with van der Waals surface area (Å²) in [7, 11) is 0. The SMILES string of the molecule is CCCNc1nnc(S[C@H](C)C(=O)Nc2ccc(F)c(F)c2)s1. The van der Waals surface area contributed by atoms with Crippen LogP contribution in [0.25, 0.3) is 0 Å². The van der Waals surface area contributed by atoms with E-state index < -0.39 is 16.9 Å². The van der Waals surface area contributed by atoms with Crippen molar-refractivity contribution in [2.75, 3.05) is 17.2 Å². The minimum absolute atomic E-state index is 0.212. The van der Waals surface area contributed by atoms with Gasteiger partial charge in [-0.3, -0.25) is 4.79 Å². The largest absolute Gasteiger partial charge is 0.360 e. The molecule has 124 valence electrons. The molecular weight excluding hydrogens is 342 g/mol. The van der Waals surface area contributed by atoms with Gasteiger partial charge in [-0.2, -0.15) is 0 Å². The van der Waals surface area contributed by atoms with Crippen LogP contribution < -0.4 is 10.6 Å². The van der Waals surface area contributed by atoms with Crippen LogP contribution in [0.3, 0.4) is 0 Å².